The van der Waals surface area contributed by atoms with E-state index in [1.807, 2.05) is 6.07 Å². The zero-order valence-electron chi connectivity index (χ0n) is 12.0. The van der Waals surface area contributed by atoms with E-state index in [2.05, 4.69) is 15.2 Å². The molecular formula is C15H21N3O3. The zero-order chi connectivity index (χ0) is 15.1. The molecule has 0 aromatic carbocycles. The van der Waals surface area contributed by atoms with E-state index in [9.17, 15) is 9.59 Å². The number of rotatable bonds is 7. The summed E-state index contributed by atoms with van der Waals surface area (Å²) in [5, 5.41) is 11.4. The highest BCUT2D eigenvalue weighted by molar-refractivity contribution is 5.93. The Morgan fingerprint density at radius 2 is 1.95 bits per heavy atom. The first kappa shape index (κ1) is 15.3. The summed E-state index contributed by atoms with van der Waals surface area (Å²) in [4.78, 5) is 28.9. The van der Waals surface area contributed by atoms with Gasteiger partial charge in [0, 0.05) is 32.1 Å². The van der Waals surface area contributed by atoms with Crippen molar-refractivity contribution in [2.75, 3.05) is 23.3 Å². The number of anilines is 2. The lowest BCUT2D eigenvalue weighted by Gasteiger charge is -2.19. The Hall–Kier alpha value is -2.11. The molecule has 1 aliphatic heterocycles. The number of carboxylic acid groups (broad SMARTS) is 1. The highest BCUT2D eigenvalue weighted by Crippen LogP contribution is 2.26. The first-order valence-electron chi connectivity index (χ1n) is 7.38. The number of pyridine rings is 1. The van der Waals surface area contributed by atoms with Crippen LogP contribution in [0.3, 0.4) is 0 Å². The summed E-state index contributed by atoms with van der Waals surface area (Å²) >= 11 is 0. The Bertz CT molecular complexity index is 499. The van der Waals surface area contributed by atoms with Gasteiger partial charge in [0.05, 0.1) is 5.69 Å². The zero-order valence-corrected chi connectivity index (χ0v) is 12.0. The van der Waals surface area contributed by atoms with Crippen LogP contribution in [0.1, 0.15) is 38.5 Å². The van der Waals surface area contributed by atoms with Crippen LogP contribution in [-0.4, -0.2) is 35.1 Å². The number of aliphatic carboxylic acids is 1. The van der Waals surface area contributed by atoms with Gasteiger partial charge in [0.25, 0.3) is 0 Å². The van der Waals surface area contributed by atoms with Gasteiger partial charge in [-0.1, -0.05) is 0 Å². The fraction of sp³-hybridized carbons (Fsp3) is 0.533. The second-order valence-electron chi connectivity index (χ2n) is 5.22. The average molecular weight is 291 g/mol. The van der Waals surface area contributed by atoms with Crippen molar-refractivity contribution in [1.82, 2.24) is 4.98 Å². The molecule has 1 saturated heterocycles. The molecule has 1 aromatic heterocycles. The van der Waals surface area contributed by atoms with Crippen molar-refractivity contribution >= 4 is 23.4 Å². The molecule has 114 valence electrons. The maximum atomic E-state index is 11.9. The monoisotopic (exact) mass is 291 g/mol. The van der Waals surface area contributed by atoms with Gasteiger partial charge >= 0.3 is 5.97 Å². The smallest absolute Gasteiger partial charge is 0.303 e. The lowest BCUT2D eigenvalue weighted by Crippen LogP contribution is -2.22. The number of nitrogens with zero attached hydrogens (tertiary/aromatic N) is 2. The molecule has 21 heavy (non-hydrogen) atoms. The molecule has 1 aromatic rings. The second-order valence-corrected chi connectivity index (χ2v) is 5.22. The fourth-order valence-corrected chi connectivity index (χ4v) is 2.45. The van der Waals surface area contributed by atoms with Crippen molar-refractivity contribution in [3.8, 4) is 0 Å². The van der Waals surface area contributed by atoms with E-state index in [0.717, 1.165) is 37.4 Å². The summed E-state index contributed by atoms with van der Waals surface area (Å²) in [6.07, 6.45) is 5.58. The van der Waals surface area contributed by atoms with Crippen molar-refractivity contribution in [2.24, 2.45) is 0 Å². The first-order chi connectivity index (χ1) is 10.2. The molecule has 6 heteroatoms. The van der Waals surface area contributed by atoms with E-state index in [4.69, 9.17) is 5.11 Å². The minimum atomic E-state index is -0.820. The molecule has 0 aliphatic carbocycles. The van der Waals surface area contributed by atoms with Crippen LogP contribution in [0.4, 0.5) is 11.5 Å². The Balaban J connectivity index is 1.87. The Morgan fingerprint density at radius 1 is 1.24 bits per heavy atom. The maximum absolute atomic E-state index is 11.9. The van der Waals surface area contributed by atoms with Crippen LogP contribution in [0.2, 0.25) is 0 Å². The third kappa shape index (κ3) is 4.73. The lowest BCUT2D eigenvalue weighted by molar-refractivity contribution is -0.137. The van der Waals surface area contributed by atoms with Gasteiger partial charge in [0.2, 0.25) is 5.91 Å². The summed E-state index contributed by atoms with van der Waals surface area (Å²) in [7, 11) is 0. The Morgan fingerprint density at radius 3 is 2.67 bits per heavy atom. The number of carboxylic acids is 1. The van der Waals surface area contributed by atoms with Crippen LogP contribution < -0.4 is 10.2 Å². The highest BCUT2D eigenvalue weighted by Gasteiger charge is 2.17. The standard InChI is InChI=1S/C15H21N3O3/c19-13(7-1-2-8-14(20)21)17-12-6-5-9-16-15(12)18-10-3-4-11-18/h5-6,9H,1-4,7-8,10-11H2,(H,17,19)(H,20,21). The van der Waals surface area contributed by atoms with Crippen LogP contribution in [-0.2, 0) is 9.59 Å². The fourth-order valence-electron chi connectivity index (χ4n) is 2.45. The van der Waals surface area contributed by atoms with Crippen molar-refractivity contribution < 1.29 is 14.7 Å². The van der Waals surface area contributed by atoms with Gasteiger partial charge in [-0.15, -0.1) is 0 Å². The summed E-state index contributed by atoms with van der Waals surface area (Å²) < 4.78 is 0. The number of aromatic nitrogens is 1. The summed E-state index contributed by atoms with van der Waals surface area (Å²) in [5.41, 5.74) is 0.739. The van der Waals surface area contributed by atoms with E-state index in [1.54, 1.807) is 12.3 Å². The first-order valence-corrected chi connectivity index (χ1v) is 7.38. The van der Waals surface area contributed by atoms with Gasteiger partial charge in [-0.05, 0) is 37.8 Å². The molecule has 1 aliphatic rings. The van der Waals surface area contributed by atoms with Crippen LogP contribution >= 0.6 is 0 Å². The third-order valence-corrected chi connectivity index (χ3v) is 3.51. The second kappa shape index (κ2) is 7.61. The van der Waals surface area contributed by atoms with Crippen LogP contribution in [0.25, 0.3) is 0 Å². The predicted molar refractivity (Wildman–Crippen MR) is 80.4 cm³/mol. The summed E-state index contributed by atoms with van der Waals surface area (Å²) in [6, 6.07) is 3.66. The van der Waals surface area contributed by atoms with Crippen molar-refractivity contribution in [3.05, 3.63) is 18.3 Å². The summed E-state index contributed by atoms with van der Waals surface area (Å²) in [6.45, 7) is 1.94. The number of hydrogen-bond acceptors (Lipinski definition) is 4. The van der Waals surface area contributed by atoms with Gasteiger partial charge in [-0.2, -0.15) is 0 Å². The number of nitrogens with one attached hydrogen (secondary N) is 1. The van der Waals surface area contributed by atoms with Crippen molar-refractivity contribution in [2.45, 2.75) is 38.5 Å². The SMILES string of the molecule is O=C(O)CCCCC(=O)Nc1cccnc1N1CCCC1. The molecule has 1 amide bonds. The third-order valence-electron chi connectivity index (χ3n) is 3.51. The van der Waals surface area contributed by atoms with Gasteiger partial charge < -0.3 is 15.3 Å². The number of carbonyl (C=O) groups is 2. The van der Waals surface area contributed by atoms with E-state index >= 15 is 0 Å². The molecule has 0 spiro atoms. The van der Waals surface area contributed by atoms with Crippen LogP contribution in [0, 0.1) is 0 Å². The highest BCUT2D eigenvalue weighted by atomic mass is 16.4. The molecule has 2 N–H and O–H groups in total. The topological polar surface area (TPSA) is 82.5 Å². The van der Waals surface area contributed by atoms with E-state index < -0.39 is 5.97 Å². The molecule has 1 fully saturated rings. The quantitative estimate of drug-likeness (QED) is 0.753. The lowest BCUT2D eigenvalue weighted by atomic mass is 10.2. The van der Waals surface area contributed by atoms with Gasteiger partial charge in [-0.25, -0.2) is 4.98 Å². The average Bonchev–Trinajstić information content (AvgIpc) is 2.98. The number of hydrogen-bond donors (Lipinski definition) is 2. The normalized spacial score (nSPS) is 14.2. The van der Waals surface area contributed by atoms with Gasteiger partial charge in [0.1, 0.15) is 0 Å². The van der Waals surface area contributed by atoms with E-state index in [1.165, 1.54) is 0 Å². The van der Waals surface area contributed by atoms with Crippen LogP contribution in [0.5, 0.6) is 0 Å². The molecule has 0 radical (unpaired) electrons. The van der Waals surface area contributed by atoms with E-state index in [-0.39, 0.29) is 12.3 Å². The predicted octanol–water partition coefficient (Wildman–Crippen LogP) is 2.27. The Labute approximate surface area is 124 Å². The van der Waals surface area contributed by atoms with Crippen molar-refractivity contribution in [3.63, 3.8) is 0 Å². The molecule has 2 rings (SSSR count). The van der Waals surface area contributed by atoms with Gasteiger partial charge in [0.15, 0.2) is 5.82 Å². The molecular weight excluding hydrogens is 270 g/mol. The largest absolute Gasteiger partial charge is 0.481 e. The number of carbonyl (C=O) groups excluding carboxylic acids is 1. The molecule has 0 bridgehead atoms. The van der Waals surface area contributed by atoms with Crippen molar-refractivity contribution in [1.29, 1.82) is 0 Å². The molecule has 6 nitrogen and oxygen atoms in total. The summed E-state index contributed by atoms with van der Waals surface area (Å²) in [5.74, 6) is -0.0818. The number of unbranched alkanes of at least 4 members (excludes halogenated alkanes) is 1. The molecule has 0 atom stereocenters. The minimum Gasteiger partial charge on any atom is -0.481 e. The Kier molecular flexibility index (Phi) is 5.54. The van der Waals surface area contributed by atoms with Crippen LogP contribution in [0.15, 0.2) is 18.3 Å². The van der Waals surface area contributed by atoms with Gasteiger partial charge in [-0.3, -0.25) is 9.59 Å². The van der Waals surface area contributed by atoms with E-state index in [0.29, 0.717) is 19.3 Å². The molecule has 2 heterocycles. The minimum absolute atomic E-state index is 0.0890. The molecule has 0 unspecified atom stereocenters. The maximum Gasteiger partial charge on any atom is 0.303 e. The molecule has 0 saturated carbocycles. The number of amides is 1.